The standard InChI is InChI=1S/C23H38N4O2/c1-4-23(5-2,18-28)17-25-22(24-6-3)27-15-20-21(16-27)29-13-12-26(20)14-19-10-8-7-9-11-19/h7-11,20-21,28H,4-6,12-18H2,1-3H3,(H,24,25). The largest absolute Gasteiger partial charge is 0.396 e. The number of aliphatic imine (C=N–C) groups is 1. The molecule has 2 heterocycles. The van der Waals surface area contributed by atoms with E-state index in [1.165, 1.54) is 5.56 Å². The van der Waals surface area contributed by atoms with E-state index in [4.69, 9.17) is 9.73 Å². The van der Waals surface area contributed by atoms with Gasteiger partial charge in [0, 0.05) is 38.1 Å². The molecule has 0 bridgehead atoms. The van der Waals surface area contributed by atoms with Crippen molar-refractivity contribution in [2.75, 3.05) is 45.9 Å². The van der Waals surface area contributed by atoms with E-state index in [1.54, 1.807) is 0 Å². The highest BCUT2D eigenvalue weighted by Gasteiger charge is 2.41. The van der Waals surface area contributed by atoms with Gasteiger partial charge in [-0.3, -0.25) is 9.89 Å². The second-order valence-corrected chi connectivity index (χ2v) is 8.37. The maximum absolute atomic E-state index is 9.90. The Kier molecular flexibility index (Phi) is 7.92. The molecule has 0 spiro atoms. The molecule has 0 aromatic heterocycles. The summed E-state index contributed by atoms with van der Waals surface area (Å²) >= 11 is 0. The Morgan fingerprint density at radius 2 is 1.97 bits per heavy atom. The van der Waals surface area contributed by atoms with Crippen molar-refractivity contribution in [1.29, 1.82) is 0 Å². The molecule has 3 rings (SSSR count). The second-order valence-electron chi connectivity index (χ2n) is 8.37. The predicted octanol–water partition coefficient (Wildman–Crippen LogP) is 2.34. The molecule has 6 heteroatoms. The fourth-order valence-corrected chi connectivity index (χ4v) is 4.36. The normalized spacial score (nSPS) is 23.3. The second kappa shape index (κ2) is 10.4. The van der Waals surface area contributed by atoms with Gasteiger partial charge in [-0.1, -0.05) is 44.2 Å². The lowest BCUT2D eigenvalue weighted by Crippen LogP contribution is -2.50. The van der Waals surface area contributed by atoms with Gasteiger partial charge in [0.1, 0.15) is 0 Å². The number of morpholine rings is 1. The van der Waals surface area contributed by atoms with Gasteiger partial charge in [0.05, 0.1) is 31.9 Å². The number of nitrogens with zero attached hydrogens (tertiary/aromatic N) is 3. The average molecular weight is 403 g/mol. The van der Waals surface area contributed by atoms with Gasteiger partial charge in [-0.2, -0.15) is 0 Å². The first kappa shape index (κ1) is 22.1. The van der Waals surface area contributed by atoms with Crippen LogP contribution in [0.1, 0.15) is 39.2 Å². The third kappa shape index (κ3) is 5.30. The van der Waals surface area contributed by atoms with E-state index in [1.807, 2.05) is 0 Å². The minimum Gasteiger partial charge on any atom is -0.396 e. The zero-order valence-electron chi connectivity index (χ0n) is 18.3. The van der Waals surface area contributed by atoms with Gasteiger partial charge in [0.25, 0.3) is 0 Å². The maximum atomic E-state index is 9.90. The Balaban J connectivity index is 1.70. The Hall–Kier alpha value is -1.63. The van der Waals surface area contributed by atoms with Crippen LogP contribution in [0.5, 0.6) is 0 Å². The molecule has 2 aliphatic rings. The van der Waals surface area contributed by atoms with Crippen molar-refractivity contribution < 1.29 is 9.84 Å². The molecule has 2 unspecified atom stereocenters. The Morgan fingerprint density at radius 1 is 1.21 bits per heavy atom. The van der Waals surface area contributed by atoms with Crippen molar-refractivity contribution in [3.8, 4) is 0 Å². The summed E-state index contributed by atoms with van der Waals surface area (Å²) in [4.78, 5) is 9.85. The number of hydrogen-bond acceptors (Lipinski definition) is 4. The highest BCUT2D eigenvalue weighted by molar-refractivity contribution is 5.80. The highest BCUT2D eigenvalue weighted by Crippen LogP contribution is 2.27. The minimum atomic E-state index is -0.122. The monoisotopic (exact) mass is 402 g/mol. The fourth-order valence-electron chi connectivity index (χ4n) is 4.36. The van der Waals surface area contributed by atoms with Crippen molar-refractivity contribution in [3.63, 3.8) is 0 Å². The summed E-state index contributed by atoms with van der Waals surface area (Å²) in [5, 5.41) is 13.4. The summed E-state index contributed by atoms with van der Waals surface area (Å²) in [7, 11) is 0. The van der Waals surface area contributed by atoms with Crippen LogP contribution in [0.25, 0.3) is 0 Å². The van der Waals surface area contributed by atoms with Crippen LogP contribution in [-0.2, 0) is 11.3 Å². The van der Waals surface area contributed by atoms with Crippen molar-refractivity contribution >= 4 is 5.96 Å². The van der Waals surface area contributed by atoms with Gasteiger partial charge in [-0.25, -0.2) is 0 Å². The molecule has 6 nitrogen and oxygen atoms in total. The molecule has 2 aliphatic heterocycles. The van der Waals surface area contributed by atoms with Crippen LogP contribution in [-0.4, -0.2) is 78.9 Å². The lowest BCUT2D eigenvalue weighted by atomic mass is 9.83. The number of aliphatic hydroxyl groups is 1. The first-order valence-corrected chi connectivity index (χ1v) is 11.2. The van der Waals surface area contributed by atoms with Crippen molar-refractivity contribution in [1.82, 2.24) is 15.1 Å². The highest BCUT2D eigenvalue weighted by atomic mass is 16.5. The van der Waals surface area contributed by atoms with E-state index in [9.17, 15) is 5.11 Å². The van der Waals surface area contributed by atoms with Gasteiger partial charge in [0.15, 0.2) is 5.96 Å². The van der Waals surface area contributed by atoms with Gasteiger partial charge in [-0.15, -0.1) is 0 Å². The maximum Gasteiger partial charge on any atom is 0.194 e. The van der Waals surface area contributed by atoms with Crippen LogP contribution >= 0.6 is 0 Å². The van der Waals surface area contributed by atoms with Crippen molar-refractivity contribution in [2.24, 2.45) is 10.4 Å². The number of fused-ring (bicyclic) bond motifs is 1. The molecule has 2 N–H and O–H groups in total. The molecule has 162 valence electrons. The van der Waals surface area contributed by atoms with Gasteiger partial charge in [-0.05, 0) is 25.3 Å². The van der Waals surface area contributed by atoms with Gasteiger partial charge < -0.3 is 20.1 Å². The summed E-state index contributed by atoms with van der Waals surface area (Å²) in [6.45, 7) is 12.6. The molecule has 0 radical (unpaired) electrons. The first-order valence-electron chi connectivity index (χ1n) is 11.2. The number of rotatable bonds is 8. The molecule has 29 heavy (non-hydrogen) atoms. The van der Waals surface area contributed by atoms with Crippen LogP contribution in [0.4, 0.5) is 0 Å². The SMILES string of the molecule is CCNC(=NCC(CC)(CC)CO)N1CC2OCCN(Cc3ccccc3)C2C1. The van der Waals surface area contributed by atoms with Crippen LogP contribution in [0.3, 0.4) is 0 Å². The van der Waals surface area contributed by atoms with Crippen molar-refractivity contribution in [3.05, 3.63) is 35.9 Å². The smallest absolute Gasteiger partial charge is 0.194 e. The summed E-state index contributed by atoms with van der Waals surface area (Å²) in [6.07, 6.45) is 2.08. The Morgan fingerprint density at radius 3 is 2.62 bits per heavy atom. The number of likely N-dealkylation sites (tertiary alicyclic amines) is 1. The molecule has 0 saturated carbocycles. The molecule has 1 aromatic rings. The molecule has 0 aliphatic carbocycles. The number of benzene rings is 1. The molecule has 2 fully saturated rings. The average Bonchev–Trinajstić information content (AvgIpc) is 3.20. The summed E-state index contributed by atoms with van der Waals surface area (Å²) in [6, 6.07) is 11.1. The topological polar surface area (TPSA) is 60.3 Å². The van der Waals surface area contributed by atoms with Crippen LogP contribution in [0.2, 0.25) is 0 Å². The summed E-state index contributed by atoms with van der Waals surface area (Å²) in [5.74, 6) is 0.949. The summed E-state index contributed by atoms with van der Waals surface area (Å²) in [5.41, 5.74) is 1.23. The lowest BCUT2D eigenvalue weighted by Gasteiger charge is -2.36. The lowest BCUT2D eigenvalue weighted by molar-refractivity contribution is -0.0502. The molecule has 2 atom stereocenters. The van der Waals surface area contributed by atoms with Crippen molar-refractivity contribution in [2.45, 2.75) is 52.3 Å². The summed E-state index contributed by atoms with van der Waals surface area (Å²) < 4.78 is 6.13. The van der Waals surface area contributed by atoms with E-state index in [0.29, 0.717) is 12.6 Å². The van der Waals surface area contributed by atoms with E-state index < -0.39 is 0 Å². The molecule has 0 amide bonds. The molecule has 2 saturated heterocycles. The third-order valence-electron chi connectivity index (χ3n) is 6.68. The number of hydrogen-bond donors (Lipinski definition) is 2. The molecular weight excluding hydrogens is 364 g/mol. The van der Waals surface area contributed by atoms with E-state index in [-0.39, 0.29) is 18.1 Å². The van der Waals surface area contributed by atoms with Gasteiger partial charge in [0.2, 0.25) is 0 Å². The first-order chi connectivity index (χ1) is 14.1. The fraction of sp³-hybridized carbons (Fsp3) is 0.696. The van der Waals surface area contributed by atoms with E-state index >= 15 is 0 Å². The zero-order chi connectivity index (χ0) is 20.7. The van der Waals surface area contributed by atoms with Crippen LogP contribution in [0, 0.1) is 5.41 Å². The Labute approximate surface area is 175 Å². The van der Waals surface area contributed by atoms with Crippen LogP contribution < -0.4 is 5.32 Å². The number of nitrogens with one attached hydrogen (secondary N) is 1. The number of aliphatic hydroxyl groups excluding tert-OH is 1. The molecular formula is C23H38N4O2. The van der Waals surface area contributed by atoms with Crippen LogP contribution in [0.15, 0.2) is 35.3 Å². The zero-order valence-corrected chi connectivity index (χ0v) is 18.3. The quantitative estimate of drug-likeness (QED) is 0.516. The Bertz CT molecular complexity index is 639. The number of ether oxygens (including phenoxy) is 1. The van der Waals surface area contributed by atoms with E-state index in [0.717, 1.165) is 58.1 Å². The molecule has 1 aromatic carbocycles. The van der Waals surface area contributed by atoms with Gasteiger partial charge >= 0.3 is 0 Å². The number of guanidine groups is 1. The third-order valence-corrected chi connectivity index (χ3v) is 6.68. The predicted molar refractivity (Wildman–Crippen MR) is 118 cm³/mol. The van der Waals surface area contributed by atoms with E-state index in [2.05, 4.69) is 66.2 Å². The minimum absolute atomic E-state index is 0.122.